The number of aliphatic imine (C=N–C) groups is 1. The van der Waals surface area contributed by atoms with Gasteiger partial charge in [-0.3, -0.25) is 0 Å². The summed E-state index contributed by atoms with van der Waals surface area (Å²) in [6, 6.07) is 4.18. The third-order valence-electron chi connectivity index (χ3n) is 2.66. The Morgan fingerprint density at radius 1 is 1.30 bits per heavy atom. The molecule has 0 aromatic carbocycles. The van der Waals surface area contributed by atoms with E-state index in [2.05, 4.69) is 57.4 Å². The molecule has 0 atom stereocenters. The predicted molar refractivity (Wildman–Crippen MR) is 87.5 cm³/mol. The Kier molecular flexibility index (Phi) is 6.01. The number of aryl methyl sites for hydroxylation is 1. The summed E-state index contributed by atoms with van der Waals surface area (Å²) in [5.74, 6) is 0.840. The molecule has 0 saturated carbocycles. The van der Waals surface area contributed by atoms with Gasteiger partial charge in [-0.2, -0.15) is 0 Å². The van der Waals surface area contributed by atoms with Gasteiger partial charge in [0.25, 0.3) is 0 Å². The number of thiazole rings is 1. The lowest BCUT2D eigenvalue weighted by atomic mass is 10.4. The monoisotopic (exact) mass is 308 g/mol. The summed E-state index contributed by atoms with van der Waals surface area (Å²) < 4.78 is 0. The van der Waals surface area contributed by atoms with Crippen molar-refractivity contribution in [1.82, 2.24) is 15.6 Å². The van der Waals surface area contributed by atoms with Crippen LogP contribution < -0.4 is 10.6 Å². The van der Waals surface area contributed by atoms with Crippen molar-refractivity contribution in [3.63, 3.8) is 0 Å². The van der Waals surface area contributed by atoms with Crippen molar-refractivity contribution in [3.8, 4) is 0 Å². The zero-order valence-corrected chi connectivity index (χ0v) is 13.5. The number of thiophene rings is 1. The third-order valence-corrected chi connectivity index (χ3v) is 4.57. The maximum Gasteiger partial charge on any atom is 0.191 e. The SMILES string of the molecule is CCNC(=NCc1csc(CC)n1)NCc1cccs1. The number of hydrogen-bond acceptors (Lipinski definition) is 4. The second-order valence-electron chi connectivity index (χ2n) is 4.21. The zero-order valence-electron chi connectivity index (χ0n) is 11.8. The lowest BCUT2D eigenvalue weighted by molar-refractivity contribution is 0.819. The molecule has 0 saturated heterocycles. The molecule has 2 N–H and O–H groups in total. The molecule has 108 valence electrons. The van der Waals surface area contributed by atoms with E-state index in [0.29, 0.717) is 6.54 Å². The van der Waals surface area contributed by atoms with Gasteiger partial charge in [0.15, 0.2) is 5.96 Å². The average Bonchev–Trinajstić information content (AvgIpc) is 3.13. The lowest BCUT2D eigenvalue weighted by Gasteiger charge is -2.09. The lowest BCUT2D eigenvalue weighted by Crippen LogP contribution is -2.36. The second kappa shape index (κ2) is 8.01. The number of nitrogens with one attached hydrogen (secondary N) is 2. The molecule has 2 heterocycles. The van der Waals surface area contributed by atoms with Crippen LogP contribution in [0.4, 0.5) is 0 Å². The van der Waals surface area contributed by atoms with E-state index in [4.69, 9.17) is 0 Å². The van der Waals surface area contributed by atoms with Crippen LogP contribution in [0, 0.1) is 0 Å². The van der Waals surface area contributed by atoms with E-state index in [-0.39, 0.29) is 0 Å². The molecule has 4 nitrogen and oxygen atoms in total. The minimum Gasteiger partial charge on any atom is -0.357 e. The molecular weight excluding hydrogens is 288 g/mol. The fraction of sp³-hybridized carbons (Fsp3) is 0.429. The first kappa shape index (κ1) is 15.0. The largest absolute Gasteiger partial charge is 0.357 e. The smallest absolute Gasteiger partial charge is 0.191 e. The first-order valence-electron chi connectivity index (χ1n) is 6.79. The van der Waals surface area contributed by atoms with Gasteiger partial charge in [-0.1, -0.05) is 13.0 Å². The van der Waals surface area contributed by atoms with Crippen molar-refractivity contribution in [1.29, 1.82) is 0 Å². The first-order valence-corrected chi connectivity index (χ1v) is 8.55. The Balaban J connectivity index is 1.90. The minimum absolute atomic E-state index is 0.621. The quantitative estimate of drug-likeness (QED) is 0.637. The Bertz CT molecular complexity index is 531. The van der Waals surface area contributed by atoms with E-state index in [1.165, 1.54) is 9.88 Å². The van der Waals surface area contributed by atoms with E-state index >= 15 is 0 Å². The average molecular weight is 308 g/mol. The maximum absolute atomic E-state index is 4.57. The van der Waals surface area contributed by atoms with Gasteiger partial charge >= 0.3 is 0 Å². The van der Waals surface area contributed by atoms with Gasteiger partial charge in [-0.25, -0.2) is 9.98 Å². The molecule has 0 radical (unpaired) electrons. The molecule has 2 aromatic heterocycles. The highest BCUT2D eigenvalue weighted by Crippen LogP contribution is 2.11. The van der Waals surface area contributed by atoms with Crippen molar-refractivity contribution in [3.05, 3.63) is 38.5 Å². The van der Waals surface area contributed by atoms with Crippen molar-refractivity contribution in [2.45, 2.75) is 33.4 Å². The second-order valence-corrected chi connectivity index (χ2v) is 6.19. The Labute approximate surface area is 128 Å². The number of guanidine groups is 1. The molecule has 20 heavy (non-hydrogen) atoms. The number of hydrogen-bond donors (Lipinski definition) is 2. The molecule has 0 amide bonds. The summed E-state index contributed by atoms with van der Waals surface area (Å²) in [4.78, 5) is 10.4. The van der Waals surface area contributed by atoms with Crippen molar-refractivity contribution in [2.24, 2.45) is 4.99 Å². The zero-order chi connectivity index (χ0) is 14.2. The molecule has 0 fully saturated rings. The van der Waals surface area contributed by atoms with Crippen molar-refractivity contribution >= 4 is 28.6 Å². The molecule has 0 aliphatic rings. The molecule has 2 aromatic rings. The topological polar surface area (TPSA) is 49.3 Å². The van der Waals surface area contributed by atoms with Gasteiger partial charge in [0.2, 0.25) is 0 Å². The summed E-state index contributed by atoms with van der Waals surface area (Å²) in [6.07, 6.45) is 0.991. The highest BCUT2D eigenvalue weighted by atomic mass is 32.1. The van der Waals surface area contributed by atoms with Gasteiger partial charge in [0.1, 0.15) is 0 Å². The van der Waals surface area contributed by atoms with E-state index in [1.54, 1.807) is 22.7 Å². The van der Waals surface area contributed by atoms with Crippen molar-refractivity contribution in [2.75, 3.05) is 6.54 Å². The van der Waals surface area contributed by atoms with E-state index in [9.17, 15) is 0 Å². The fourth-order valence-corrected chi connectivity index (χ4v) is 3.05. The fourth-order valence-electron chi connectivity index (χ4n) is 1.67. The van der Waals surface area contributed by atoms with Gasteiger partial charge in [0.05, 0.1) is 23.8 Å². The van der Waals surface area contributed by atoms with E-state index in [1.807, 2.05) is 0 Å². The molecule has 0 aliphatic heterocycles. The molecule has 0 spiro atoms. The molecule has 6 heteroatoms. The van der Waals surface area contributed by atoms with Gasteiger partial charge in [0, 0.05) is 16.8 Å². The normalized spacial score (nSPS) is 11.6. The summed E-state index contributed by atoms with van der Waals surface area (Å²) >= 11 is 3.45. The van der Waals surface area contributed by atoms with Crippen LogP contribution in [0.5, 0.6) is 0 Å². The van der Waals surface area contributed by atoms with Crippen LogP contribution in [0.1, 0.15) is 29.4 Å². The van der Waals surface area contributed by atoms with Gasteiger partial charge in [-0.15, -0.1) is 22.7 Å². The number of rotatable bonds is 6. The Morgan fingerprint density at radius 3 is 2.85 bits per heavy atom. The standard InChI is InChI=1S/C14H20N4S2/c1-3-13-18-11(10-20-13)8-16-14(15-4-2)17-9-12-6-5-7-19-12/h5-7,10H,3-4,8-9H2,1-2H3,(H2,15,16,17). The minimum atomic E-state index is 0.621. The molecule has 0 aliphatic carbocycles. The molecule has 0 bridgehead atoms. The predicted octanol–water partition coefficient (Wildman–Crippen LogP) is 3.02. The van der Waals surface area contributed by atoms with E-state index < -0.39 is 0 Å². The molecule has 0 unspecified atom stereocenters. The van der Waals surface area contributed by atoms with Crippen LogP contribution in [0.2, 0.25) is 0 Å². The van der Waals surface area contributed by atoms with Gasteiger partial charge < -0.3 is 10.6 Å². The van der Waals surface area contributed by atoms with Crippen LogP contribution in [-0.2, 0) is 19.5 Å². The Morgan fingerprint density at radius 2 is 2.20 bits per heavy atom. The summed E-state index contributed by atoms with van der Waals surface area (Å²) in [5, 5.41) is 11.9. The number of aromatic nitrogens is 1. The third kappa shape index (κ3) is 4.61. The highest BCUT2D eigenvalue weighted by Gasteiger charge is 2.02. The summed E-state index contributed by atoms with van der Waals surface area (Å²) in [6.45, 7) is 6.48. The van der Waals surface area contributed by atoms with E-state index in [0.717, 1.165) is 31.2 Å². The van der Waals surface area contributed by atoms with Crippen LogP contribution in [0.3, 0.4) is 0 Å². The van der Waals surface area contributed by atoms with Crippen LogP contribution >= 0.6 is 22.7 Å². The Hall–Kier alpha value is -1.40. The highest BCUT2D eigenvalue weighted by molar-refractivity contribution is 7.10. The first-order chi connectivity index (χ1) is 9.81. The van der Waals surface area contributed by atoms with Crippen LogP contribution in [0.25, 0.3) is 0 Å². The van der Waals surface area contributed by atoms with Crippen LogP contribution in [0.15, 0.2) is 27.9 Å². The summed E-state index contributed by atoms with van der Waals surface area (Å²) in [7, 11) is 0. The molecular formula is C14H20N4S2. The molecule has 2 rings (SSSR count). The maximum atomic E-state index is 4.57. The van der Waals surface area contributed by atoms with Gasteiger partial charge in [-0.05, 0) is 24.8 Å². The van der Waals surface area contributed by atoms with Crippen molar-refractivity contribution < 1.29 is 0 Å². The number of nitrogens with zero attached hydrogens (tertiary/aromatic N) is 2. The van der Waals surface area contributed by atoms with Crippen LogP contribution in [-0.4, -0.2) is 17.5 Å². The summed E-state index contributed by atoms with van der Waals surface area (Å²) in [5.41, 5.74) is 1.04.